The Morgan fingerprint density at radius 1 is 1.24 bits per heavy atom. The number of H-pyrrole nitrogens is 1. The minimum atomic E-state index is 0.320. The van der Waals surface area contributed by atoms with Gasteiger partial charge >= 0.3 is 0 Å². The summed E-state index contributed by atoms with van der Waals surface area (Å²) >= 11 is 0. The number of hydrogen-bond donors (Lipinski definition) is 2. The summed E-state index contributed by atoms with van der Waals surface area (Å²) in [6.45, 7) is 8.75. The second kappa shape index (κ2) is 6.33. The zero-order chi connectivity index (χ0) is 12.8. The maximum absolute atomic E-state index is 9.16. The maximum Gasteiger partial charge on any atom is 0.116 e. The Morgan fingerprint density at radius 2 is 1.88 bits per heavy atom. The number of fused-ring (bicyclic) bond motifs is 1. The lowest BCUT2D eigenvalue weighted by Crippen LogP contribution is -1.85. The van der Waals surface area contributed by atoms with Crippen LogP contribution < -0.4 is 0 Å². The smallest absolute Gasteiger partial charge is 0.116 e. The van der Waals surface area contributed by atoms with Crippen molar-refractivity contribution in [3.63, 3.8) is 0 Å². The molecule has 2 N–H and O–H groups in total. The molecule has 1 aromatic carbocycles. The summed E-state index contributed by atoms with van der Waals surface area (Å²) in [7, 11) is 0. The average Bonchev–Trinajstić information content (AvgIpc) is 2.71. The van der Waals surface area contributed by atoms with Crippen LogP contribution in [0.3, 0.4) is 0 Å². The van der Waals surface area contributed by atoms with Gasteiger partial charge in [-0.1, -0.05) is 33.6 Å². The van der Waals surface area contributed by atoms with Crippen molar-refractivity contribution in [1.29, 1.82) is 0 Å². The predicted molar refractivity (Wildman–Crippen MR) is 74.4 cm³/mol. The summed E-state index contributed by atoms with van der Waals surface area (Å²) in [5, 5.41) is 10.2. The van der Waals surface area contributed by atoms with Gasteiger partial charge in [0.05, 0.1) is 0 Å². The van der Waals surface area contributed by atoms with Gasteiger partial charge < -0.3 is 10.1 Å². The molecule has 0 unspecified atom stereocenters. The molecule has 0 radical (unpaired) electrons. The van der Waals surface area contributed by atoms with Crippen LogP contribution in [0.25, 0.3) is 10.9 Å². The van der Waals surface area contributed by atoms with Crippen molar-refractivity contribution < 1.29 is 5.11 Å². The van der Waals surface area contributed by atoms with Crippen LogP contribution in [0.5, 0.6) is 5.75 Å². The minimum absolute atomic E-state index is 0.320. The summed E-state index contributed by atoms with van der Waals surface area (Å²) < 4.78 is 0. The number of aromatic nitrogens is 1. The highest BCUT2D eigenvalue weighted by Crippen LogP contribution is 2.21. The van der Waals surface area contributed by atoms with Gasteiger partial charge in [-0.2, -0.15) is 0 Å². The van der Waals surface area contributed by atoms with E-state index in [2.05, 4.69) is 25.8 Å². The molecule has 0 aliphatic rings. The molecule has 2 nitrogen and oxygen atoms in total. The van der Waals surface area contributed by atoms with E-state index in [1.807, 2.05) is 19.2 Å². The van der Waals surface area contributed by atoms with Gasteiger partial charge in [-0.05, 0) is 36.6 Å². The molecule has 17 heavy (non-hydrogen) atoms. The van der Waals surface area contributed by atoms with E-state index in [9.17, 15) is 0 Å². The molecule has 94 valence electrons. The molecule has 1 heterocycles. The molecule has 2 rings (SSSR count). The van der Waals surface area contributed by atoms with Crippen molar-refractivity contribution in [3.05, 3.63) is 30.0 Å². The van der Waals surface area contributed by atoms with E-state index in [1.165, 1.54) is 12.8 Å². The monoisotopic (exact) mass is 233 g/mol. The molecule has 0 fully saturated rings. The highest BCUT2D eigenvalue weighted by Gasteiger charge is 1.98. The molecular weight excluding hydrogens is 210 g/mol. The first-order valence-electron chi connectivity index (χ1n) is 6.35. The molecular formula is C15H23NO. The number of aromatic amines is 1. The fourth-order valence-corrected chi connectivity index (χ4v) is 1.54. The molecule has 2 aromatic rings. The van der Waals surface area contributed by atoms with Gasteiger partial charge in [0, 0.05) is 17.1 Å². The van der Waals surface area contributed by atoms with Gasteiger partial charge in [0.2, 0.25) is 0 Å². The quantitative estimate of drug-likeness (QED) is 0.779. The number of hydrogen-bond acceptors (Lipinski definition) is 1. The number of aryl methyl sites for hydroxylation is 1. The molecule has 0 atom stereocenters. The number of nitrogens with one attached hydrogen (secondary N) is 1. The third-order valence-electron chi connectivity index (χ3n) is 3.27. The van der Waals surface area contributed by atoms with Gasteiger partial charge in [0.25, 0.3) is 0 Å². The zero-order valence-corrected chi connectivity index (χ0v) is 11.2. The lowest BCUT2D eigenvalue weighted by Gasteiger charge is -1.98. The summed E-state index contributed by atoms with van der Waals surface area (Å²) in [5.74, 6) is 1.25. The van der Waals surface area contributed by atoms with Gasteiger partial charge in [0.15, 0.2) is 0 Å². The van der Waals surface area contributed by atoms with Crippen LogP contribution in [0.15, 0.2) is 24.4 Å². The number of benzene rings is 1. The summed E-state index contributed by atoms with van der Waals surface area (Å²) in [6, 6.07) is 5.32. The largest absolute Gasteiger partial charge is 0.508 e. The third kappa shape index (κ3) is 3.81. The van der Waals surface area contributed by atoms with Gasteiger partial charge in [0.1, 0.15) is 5.75 Å². The standard InChI is InChI=1S/C9H9NO.C6H14/c1-6-5-10-9-3-2-7(11)4-8(6)9;1-4-6(3)5-2/h2-5,10-11H,1H3;6H,4-5H2,1-3H3. The van der Waals surface area contributed by atoms with Crippen LogP contribution in [-0.2, 0) is 0 Å². The number of aromatic hydroxyl groups is 1. The highest BCUT2D eigenvalue weighted by molar-refractivity contribution is 5.84. The van der Waals surface area contributed by atoms with E-state index in [-0.39, 0.29) is 0 Å². The van der Waals surface area contributed by atoms with E-state index in [4.69, 9.17) is 5.11 Å². The fraction of sp³-hybridized carbons (Fsp3) is 0.467. The van der Waals surface area contributed by atoms with Crippen molar-refractivity contribution in [1.82, 2.24) is 4.98 Å². The number of rotatable bonds is 2. The van der Waals surface area contributed by atoms with Crippen LogP contribution in [0.1, 0.15) is 39.2 Å². The van der Waals surface area contributed by atoms with Crippen LogP contribution in [0.2, 0.25) is 0 Å². The van der Waals surface area contributed by atoms with Crippen LogP contribution in [-0.4, -0.2) is 10.1 Å². The minimum Gasteiger partial charge on any atom is -0.508 e. The highest BCUT2D eigenvalue weighted by atomic mass is 16.3. The molecule has 0 saturated heterocycles. The molecule has 0 amide bonds. The number of phenolic OH excluding ortho intramolecular Hbond substituents is 1. The third-order valence-corrected chi connectivity index (χ3v) is 3.27. The molecule has 0 spiro atoms. The van der Waals surface area contributed by atoms with Crippen molar-refractivity contribution in [2.24, 2.45) is 5.92 Å². The van der Waals surface area contributed by atoms with E-state index in [0.29, 0.717) is 5.75 Å². The zero-order valence-electron chi connectivity index (χ0n) is 11.2. The molecule has 1 aromatic heterocycles. The second-order valence-electron chi connectivity index (χ2n) is 4.62. The van der Waals surface area contributed by atoms with E-state index < -0.39 is 0 Å². The van der Waals surface area contributed by atoms with Gasteiger partial charge in [-0.15, -0.1) is 0 Å². The van der Waals surface area contributed by atoms with Crippen LogP contribution in [0.4, 0.5) is 0 Å². The molecule has 0 saturated carbocycles. The Kier molecular flexibility index (Phi) is 5.08. The van der Waals surface area contributed by atoms with E-state index >= 15 is 0 Å². The molecule has 2 heteroatoms. The molecule has 0 aliphatic carbocycles. The van der Waals surface area contributed by atoms with Gasteiger partial charge in [-0.25, -0.2) is 0 Å². The van der Waals surface area contributed by atoms with E-state index in [0.717, 1.165) is 22.4 Å². The predicted octanol–water partition coefficient (Wildman–Crippen LogP) is 4.62. The first kappa shape index (κ1) is 13.6. The van der Waals surface area contributed by atoms with Crippen molar-refractivity contribution in [2.45, 2.75) is 40.5 Å². The Hall–Kier alpha value is -1.44. The Labute approximate surface area is 104 Å². The average molecular weight is 233 g/mol. The Bertz CT molecular complexity index is 455. The summed E-state index contributed by atoms with van der Waals surface area (Å²) in [4.78, 5) is 3.10. The fourth-order valence-electron chi connectivity index (χ4n) is 1.54. The normalized spacial score (nSPS) is 10.4. The first-order chi connectivity index (χ1) is 8.08. The lowest BCUT2D eigenvalue weighted by molar-refractivity contribution is 0.476. The second-order valence-corrected chi connectivity index (χ2v) is 4.62. The molecule has 0 aliphatic heterocycles. The summed E-state index contributed by atoms with van der Waals surface area (Å²) in [6.07, 6.45) is 4.59. The van der Waals surface area contributed by atoms with Crippen molar-refractivity contribution in [3.8, 4) is 5.75 Å². The lowest BCUT2D eigenvalue weighted by atomic mass is 10.1. The van der Waals surface area contributed by atoms with E-state index in [1.54, 1.807) is 12.1 Å². The Balaban J connectivity index is 0.000000209. The topological polar surface area (TPSA) is 36.0 Å². The van der Waals surface area contributed by atoms with Crippen LogP contribution >= 0.6 is 0 Å². The SMILES string of the molecule is CCC(C)CC.Cc1c[nH]c2ccc(O)cc12. The van der Waals surface area contributed by atoms with Crippen molar-refractivity contribution >= 4 is 10.9 Å². The maximum atomic E-state index is 9.16. The molecule has 0 bridgehead atoms. The Morgan fingerprint density at radius 3 is 2.41 bits per heavy atom. The van der Waals surface area contributed by atoms with Crippen LogP contribution in [0, 0.1) is 12.8 Å². The first-order valence-corrected chi connectivity index (χ1v) is 6.35. The van der Waals surface area contributed by atoms with Crippen molar-refractivity contribution in [2.75, 3.05) is 0 Å². The van der Waals surface area contributed by atoms with Gasteiger partial charge in [-0.3, -0.25) is 0 Å². The number of phenols is 1. The summed E-state index contributed by atoms with van der Waals surface area (Å²) in [5.41, 5.74) is 2.23.